The molecule has 1 saturated heterocycles. The lowest BCUT2D eigenvalue weighted by Crippen LogP contribution is -2.60. The lowest BCUT2D eigenvalue weighted by Gasteiger charge is -2.43. The van der Waals surface area contributed by atoms with Crippen LogP contribution in [0.4, 0.5) is 0 Å². The van der Waals surface area contributed by atoms with Crippen LogP contribution in [0.5, 0.6) is 0 Å². The van der Waals surface area contributed by atoms with Gasteiger partial charge in [0.15, 0.2) is 0 Å². The summed E-state index contributed by atoms with van der Waals surface area (Å²) in [5.41, 5.74) is 0.530. The third kappa shape index (κ3) is 7.25. The Morgan fingerprint density at radius 2 is 1.23 bits per heavy atom. The summed E-state index contributed by atoms with van der Waals surface area (Å²) in [6, 6.07) is 0. The van der Waals surface area contributed by atoms with Crippen molar-refractivity contribution in [3.63, 3.8) is 0 Å². The first-order valence-electron chi connectivity index (χ1n) is 11.7. The van der Waals surface area contributed by atoms with Crippen molar-refractivity contribution in [3.8, 4) is 0 Å². The summed E-state index contributed by atoms with van der Waals surface area (Å²) in [7, 11) is -2.18. The van der Waals surface area contributed by atoms with Gasteiger partial charge in [0.25, 0.3) is 0 Å². The largest absolute Gasteiger partial charge is 0.394 e. The van der Waals surface area contributed by atoms with Gasteiger partial charge >= 0.3 is 8.56 Å². The van der Waals surface area contributed by atoms with Gasteiger partial charge in [-0.2, -0.15) is 0 Å². The van der Waals surface area contributed by atoms with E-state index in [9.17, 15) is 0 Å². The Morgan fingerprint density at radius 1 is 0.731 bits per heavy atom. The standard InChI is InChI=1S/C22H45NO2Si/c1-4-24-26(3,25-5-2)22-18-14-9-7-6-8-10-15-19-23(22)20-21-16-12-11-13-17-21/h21-22H,4-20H2,1-3H3. The fourth-order valence-electron chi connectivity index (χ4n) is 5.20. The van der Waals surface area contributed by atoms with Gasteiger partial charge in [-0.25, -0.2) is 0 Å². The molecule has 0 amide bonds. The van der Waals surface area contributed by atoms with E-state index in [4.69, 9.17) is 8.85 Å². The first-order valence-corrected chi connectivity index (χ1v) is 14.1. The predicted octanol–water partition coefficient (Wildman–Crippen LogP) is 6.06. The van der Waals surface area contributed by atoms with Crippen molar-refractivity contribution in [1.82, 2.24) is 4.90 Å². The fraction of sp³-hybridized carbons (Fsp3) is 1.00. The second-order valence-corrected chi connectivity index (χ2v) is 11.9. The monoisotopic (exact) mass is 383 g/mol. The van der Waals surface area contributed by atoms with Crippen LogP contribution in [-0.2, 0) is 8.85 Å². The maximum atomic E-state index is 6.40. The molecule has 0 aromatic heterocycles. The molecule has 3 nitrogen and oxygen atoms in total. The normalized spacial score (nSPS) is 25.7. The Labute approximate surface area is 164 Å². The van der Waals surface area contributed by atoms with Gasteiger partial charge in [-0.3, -0.25) is 4.90 Å². The highest BCUT2D eigenvalue weighted by molar-refractivity contribution is 6.67. The maximum absolute atomic E-state index is 6.40. The average molecular weight is 384 g/mol. The van der Waals surface area contributed by atoms with E-state index in [0.717, 1.165) is 19.1 Å². The van der Waals surface area contributed by atoms with E-state index in [0.29, 0.717) is 5.67 Å². The molecular weight excluding hydrogens is 338 g/mol. The highest BCUT2D eigenvalue weighted by Crippen LogP contribution is 2.30. The molecule has 1 aliphatic carbocycles. The van der Waals surface area contributed by atoms with Gasteiger partial charge in [-0.05, 0) is 58.5 Å². The number of hydrogen-bond donors (Lipinski definition) is 0. The highest BCUT2D eigenvalue weighted by atomic mass is 28.4. The predicted molar refractivity (Wildman–Crippen MR) is 114 cm³/mol. The molecule has 2 rings (SSSR count). The molecule has 0 aromatic rings. The van der Waals surface area contributed by atoms with Gasteiger partial charge in [0.2, 0.25) is 0 Å². The molecule has 1 heterocycles. The molecule has 2 fully saturated rings. The minimum Gasteiger partial charge on any atom is -0.394 e. The quantitative estimate of drug-likeness (QED) is 0.499. The van der Waals surface area contributed by atoms with Crippen LogP contribution >= 0.6 is 0 Å². The summed E-state index contributed by atoms with van der Waals surface area (Å²) in [5, 5.41) is 0. The van der Waals surface area contributed by atoms with Gasteiger partial charge in [0.1, 0.15) is 0 Å². The van der Waals surface area contributed by atoms with E-state index < -0.39 is 8.56 Å². The Hall–Kier alpha value is 0.0969. The Kier molecular flexibility index (Phi) is 10.8. The molecule has 154 valence electrons. The van der Waals surface area contributed by atoms with Gasteiger partial charge < -0.3 is 8.85 Å². The summed E-state index contributed by atoms with van der Waals surface area (Å²) in [4.78, 5) is 2.85. The third-order valence-electron chi connectivity index (χ3n) is 6.55. The van der Waals surface area contributed by atoms with Crippen LogP contribution in [0.25, 0.3) is 0 Å². The molecule has 0 bridgehead atoms. The molecule has 4 heteroatoms. The first-order chi connectivity index (χ1) is 12.7. The molecule has 1 saturated carbocycles. The van der Waals surface area contributed by atoms with Gasteiger partial charge in [0.05, 0.1) is 5.67 Å². The molecule has 2 aliphatic rings. The van der Waals surface area contributed by atoms with E-state index in [1.165, 1.54) is 96.6 Å². The molecule has 0 spiro atoms. The Bertz CT molecular complexity index is 354. The Balaban J connectivity index is 2.15. The van der Waals surface area contributed by atoms with Crippen molar-refractivity contribution in [2.24, 2.45) is 5.92 Å². The first kappa shape index (κ1) is 22.4. The zero-order chi connectivity index (χ0) is 18.7. The van der Waals surface area contributed by atoms with Gasteiger partial charge in [0, 0.05) is 19.8 Å². The van der Waals surface area contributed by atoms with Crippen LogP contribution in [0.15, 0.2) is 0 Å². The maximum Gasteiger partial charge on any atom is 0.352 e. The number of nitrogens with zero attached hydrogens (tertiary/aromatic N) is 1. The molecular formula is C22H45NO2Si. The topological polar surface area (TPSA) is 21.7 Å². The van der Waals surface area contributed by atoms with Crippen molar-refractivity contribution in [1.29, 1.82) is 0 Å². The highest BCUT2D eigenvalue weighted by Gasteiger charge is 2.44. The summed E-state index contributed by atoms with van der Waals surface area (Å²) in [6.07, 6.45) is 18.2. The van der Waals surface area contributed by atoms with Crippen LogP contribution in [0, 0.1) is 5.92 Å². The molecule has 1 unspecified atom stereocenters. The van der Waals surface area contributed by atoms with Crippen molar-refractivity contribution < 1.29 is 8.85 Å². The average Bonchev–Trinajstić information content (AvgIpc) is 2.68. The van der Waals surface area contributed by atoms with E-state index in [1.807, 2.05) is 0 Å². The van der Waals surface area contributed by atoms with E-state index in [-0.39, 0.29) is 0 Å². The lowest BCUT2D eigenvalue weighted by molar-refractivity contribution is 0.108. The zero-order valence-corrected chi connectivity index (χ0v) is 18.9. The van der Waals surface area contributed by atoms with Crippen molar-refractivity contribution >= 4 is 8.56 Å². The van der Waals surface area contributed by atoms with Crippen LogP contribution in [-0.4, -0.2) is 45.4 Å². The molecule has 1 atom stereocenters. The molecule has 0 radical (unpaired) electrons. The van der Waals surface area contributed by atoms with E-state index >= 15 is 0 Å². The SMILES string of the molecule is CCO[Si](C)(OCC)C1CCCCCCCCCN1CC1CCCCC1. The minimum absolute atomic E-state index is 0.530. The summed E-state index contributed by atoms with van der Waals surface area (Å²) in [6.45, 7) is 10.7. The van der Waals surface area contributed by atoms with Crippen molar-refractivity contribution in [3.05, 3.63) is 0 Å². The molecule has 0 aromatic carbocycles. The van der Waals surface area contributed by atoms with E-state index in [2.05, 4.69) is 25.3 Å². The second-order valence-electron chi connectivity index (χ2n) is 8.66. The van der Waals surface area contributed by atoms with Crippen LogP contribution in [0.1, 0.15) is 97.3 Å². The summed E-state index contributed by atoms with van der Waals surface area (Å²) >= 11 is 0. The van der Waals surface area contributed by atoms with Crippen LogP contribution in [0.2, 0.25) is 6.55 Å². The Morgan fingerprint density at radius 3 is 1.85 bits per heavy atom. The fourth-order valence-corrected chi connectivity index (χ4v) is 8.44. The molecule has 0 N–H and O–H groups in total. The smallest absolute Gasteiger partial charge is 0.352 e. The number of rotatable bonds is 7. The summed E-state index contributed by atoms with van der Waals surface area (Å²) < 4.78 is 12.8. The van der Waals surface area contributed by atoms with Crippen molar-refractivity contribution in [2.75, 3.05) is 26.3 Å². The lowest BCUT2D eigenvalue weighted by atomic mass is 9.89. The van der Waals surface area contributed by atoms with Gasteiger partial charge in [-0.15, -0.1) is 0 Å². The third-order valence-corrected chi connectivity index (χ3v) is 10.1. The van der Waals surface area contributed by atoms with Crippen LogP contribution < -0.4 is 0 Å². The minimum atomic E-state index is -2.18. The van der Waals surface area contributed by atoms with Crippen molar-refractivity contribution in [2.45, 2.75) is 110 Å². The molecule has 26 heavy (non-hydrogen) atoms. The summed E-state index contributed by atoms with van der Waals surface area (Å²) in [5.74, 6) is 0.901. The van der Waals surface area contributed by atoms with Crippen LogP contribution in [0.3, 0.4) is 0 Å². The zero-order valence-electron chi connectivity index (χ0n) is 17.9. The molecule has 1 aliphatic heterocycles. The number of hydrogen-bond acceptors (Lipinski definition) is 3. The van der Waals surface area contributed by atoms with Gasteiger partial charge in [-0.1, -0.05) is 57.8 Å². The second kappa shape index (κ2) is 12.5. The van der Waals surface area contributed by atoms with E-state index in [1.54, 1.807) is 0 Å².